The molecular formula is C45H39OOsP+. The van der Waals surface area contributed by atoms with Crippen molar-refractivity contribution in [3.8, 4) is 15.5 Å². The van der Waals surface area contributed by atoms with Gasteiger partial charge in [0.25, 0.3) is 0 Å². The van der Waals surface area contributed by atoms with E-state index in [0.717, 1.165) is 11.1 Å². The Morgan fingerprint density at radius 3 is 1.50 bits per heavy atom. The second-order valence-corrected chi connectivity index (χ2v) is 15.6. The summed E-state index contributed by atoms with van der Waals surface area (Å²) in [6.45, 7) is 5.39. The fourth-order valence-electron chi connectivity index (χ4n) is 6.29. The van der Waals surface area contributed by atoms with Crippen molar-refractivity contribution in [3.63, 3.8) is 0 Å². The predicted molar refractivity (Wildman–Crippen MR) is 204 cm³/mol. The van der Waals surface area contributed by atoms with Crippen molar-refractivity contribution >= 4 is 35.3 Å². The molecule has 1 aliphatic heterocycles. The molecule has 0 aliphatic carbocycles. The van der Waals surface area contributed by atoms with Gasteiger partial charge in [-0.3, -0.25) is 0 Å². The minimum absolute atomic E-state index is 0.602. The van der Waals surface area contributed by atoms with Gasteiger partial charge in [-0.05, 0) is 12.5 Å². The van der Waals surface area contributed by atoms with Crippen LogP contribution in [0.4, 0.5) is 0 Å². The summed E-state index contributed by atoms with van der Waals surface area (Å²) in [5, 5.41) is 5.13. The molecule has 1 heterocycles. The molecule has 0 bridgehead atoms. The molecule has 5 aromatic carbocycles. The van der Waals surface area contributed by atoms with Crippen LogP contribution in [0.3, 0.4) is 0 Å². The second kappa shape index (κ2) is 16.1. The molecule has 0 radical (unpaired) electrons. The van der Waals surface area contributed by atoms with Gasteiger partial charge in [-0.1, -0.05) is 12.2 Å². The van der Waals surface area contributed by atoms with Gasteiger partial charge < -0.3 is 0 Å². The van der Waals surface area contributed by atoms with Crippen molar-refractivity contribution < 1.29 is 22.7 Å². The van der Waals surface area contributed by atoms with Crippen molar-refractivity contribution in [2.75, 3.05) is 13.2 Å². The summed E-state index contributed by atoms with van der Waals surface area (Å²) in [4.78, 5) is 0. The first-order valence-electron chi connectivity index (χ1n) is 16.3. The molecule has 5 aromatic rings. The van der Waals surface area contributed by atoms with Crippen molar-refractivity contribution in [2.24, 2.45) is 0 Å². The van der Waals surface area contributed by atoms with Crippen molar-refractivity contribution in [1.82, 2.24) is 0 Å². The van der Waals surface area contributed by atoms with E-state index in [2.05, 4.69) is 187 Å². The Labute approximate surface area is 296 Å². The number of rotatable bonds is 9. The number of ether oxygens (including phenoxy) is 1. The van der Waals surface area contributed by atoms with E-state index in [1.165, 1.54) is 49.1 Å². The topological polar surface area (TPSA) is 9.23 Å². The van der Waals surface area contributed by atoms with Crippen LogP contribution in [-0.2, 0) is 22.7 Å². The fourth-order valence-corrected chi connectivity index (χ4v) is 12.1. The number of hydrogen-bond donors (Lipinski definition) is 0. The summed E-state index contributed by atoms with van der Waals surface area (Å²) in [6, 6.07) is 50.6. The third-order valence-electron chi connectivity index (χ3n) is 8.70. The van der Waals surface area contributed by atoms with Crippen LogP contribution >= 0.6 is 7.26 Å². The van der Waals surface area contributed by atoms with Gasteiger partial charge in [-0.15, -0.1) is 0 Å². The van der Waals surface area contributed by atoms with Gasteiger partial charge in [0.05, 0.1) is 0 Å². The van der Waals surface area contributed by atoms with Crippen LogP contribution < -0.4 is 15.9 Å². The van der Waals surface area contributed by atoms with Crippen molar-refractivity contribution in [1.29, 1.82) is 0 Å². The fraction of sp³-hybridized carbons (Fsp3) is 0.0889. The van der Waals surface area contributed by atoms with Gasteiger partial charge in [0, 0.05) is 0 Å². The number of benzene rings is 5. The van der Waals surface area contributed by atoms with E-state index in [1.807, 2.05) is 24.9 Å². The van der Waals surface area contributed by atoms with Crippen LogP contribution in [0.25, 0.3) is 23.3 Å². The van der Waals surface area contributed by atoms with E-state index in [9.17, 15) is 0 Å². The summed E-state index contributed by atoms with van der Waals surface area (Å²) in [7, 11) is -2.37. The molecule has 0 atom stereocenters. The molecule has 1 saturated heterocycles. The summed E-state index contributed by atoms with van der Waals surface area (Å²) in [5.74, 6) is 0. The third kappa shape index (κ3) is 7.20. The summed E-state index contributed by atoms with van der Waals surface area (Å²) < 4.78 is 9.78. The zero-order chi connectivity index (χ0) is 33.2. The van der Waals surface area contributed by atoms with E-state index in [1.54, 1.807) is 0 Å². The Bertz CT molecular complexity index is 1930. The van der Waals surface area contributed by atoms with Gasteiger partial charge >= 0.3 is 273 Å². The Morgan fingerprint density at radius 1 is 0.604 bits per heavy atom. The maximum atomic E-state index is 5.96. The number of hydrogen-bond acceptors (Lipinski definition) is 1. The molecule has 0 aromatic heterocycles. The zero-order valence-corrected chi connectivity index (χ0v) is 30.8. The second-order valence-electron chi connectivity index (χ2n) is 11.6. The molecular weight excluding hydrogens is 778 g/mol. The van der Waals surface area contributed by atoms with E-state index >= 15 is 0 Å². The van der Waals surface area contributed by atoms with Gasteiger partial charge in [0.1, 0.15) is 0 Å². The first-order chi connectivity index (χ1) is 23.7. The molecule has 237 valence electrons. The molecule has 48 heavy (non-hydrogen) atoms. The van der Waals surface area contributed by atoms with Crippen molar-refractivity contribution in [2.45, 2.75) is 13.8 Å². The quantitative estimate of drug-likeness (QED) is 0.106. The van der Waals surface area contributed by atoms with Gasteiger partial charge in [0.2, 0.25) is 0 Å². The molecule has 1 fully saturated rings. The average Bonchev–Trinajstić information content (AvgIpc) is 3.61. The van der Waals surface area contributed by atoms with Crippen LogP contribution in [0.2, 0.25) is 0 Å². The standard InChI is InChI=1S/C45H39OP.Os/c1-4-15-36-22-27-39(28-23-36)40-29-24-37(25-30-40)26-31-41(32-42-34-46-33-38(42)5-2)35(3)47(43-16-9-6-10-17-43,44-18-11-7-12-19-44)45-20-13-8-14-21-45;/h4-32H,33-34H2,1-2H3;/q+1;/b15-4+,31-26+,38-5?,41-35?,42-32?;. The SMILES string of the molecule is CC=C1COCC1=CC(/C=C/c1ccc(-c2ccc(/C=C/C)cc2)cc1)=C([C]#[Os])[P+](c1ccccc1)(c1ccccc1)c1ccccc1. The molecule has 0 saturated carbocycles. The molecule has 0 amide bonds. The summed E-state index contributed by atoms with van der Waals surface area (Å²) >= 11 is 1.82. The van der Waals surface area contributed by atoms with E-state index < -0.39 is 7.26 Å². The minimum atomic E-state index is -2.37. The predicted octanol–water partition coefficient (Wildman–Crippen LogP) is 10.1. The molecule has 6 rings (SSSR count). The summed E-state index contributed by atoms with van der Waals surface area (Å²) in [5.41, 5.74) is 8.39. The first-order valence-corrected chi connectivity index (χ1v) is 19.3. The Kier molecular flexibility index (Phi) is 11.3. The average molecular weight is 817 g/mol. The van der Waals surface area contributed by atoms with Gasteiger partial charge in [-0.2, -0.15) is 0 Å². The van der Waals surface area contributed by atoms with E-state index in [4.69, 9.17) is 4.74 Å². The van der Waals surface area contributed by atoms with E-state index in [-0.39, 0.29) is 0 Å². The normalized spacial score (nSPS) is 15.7. The van der Waals surface area contributed by atoms with Crippen LogP contribution in [0.1, 0.15) is 25.0 Å². The number of allylic oxidation sites excluding steroid dienone is 6. The maximum absolute atomic E-state index is 5.96. The van der Waals surface area contributed by atoms with Gasteiger partial charge in [-0.25, -0.2) is 0 Å². The van der Waals surface area contributed by atoms with Gasteiger partial charge in [0.15, 0.2) is 0 Å². The van der Waals surface area contributed by atoms with E-state index in [0.29, 0.717) is 13.2 Å². The first kappa shape index (κ1) is 33.5. The molecule has 0 unspecified atom stereocenters. The monoisotopic (exact) mass is 818 g/mol. The zero-order valence-electron chi connectivity index (χ0n) is 27.4. The Morgan fingerprint density at radius 2 is 1.06 bits per heavy atom. The van der Waals surface area contributed by atoms with Crippen LogP contribution in [-0.4, -0.2) is 13.2 Å². The molecule has 0 spiro atoms. The molecule has 1 aliphatic rings. The Hall–Kier alpha value is -4.39. The Balaban J connectivity index is 1.55. The van der Waals surface area contributed by atoms with Crippen LogP contribution in [0, 0.1) is 4.37 Å². The molecule has 1 nitrogen and oxygen atoms in total. The van der Waals surface area contributed by atoms with Crippen LogP contribution in [0.15, 0.2) is 186 Å². The molecule has 3 heteroatoms. The van der Waals surface area contributed by atoms with Crippen molar-refractivity contribution in [3.05, 3.63) is 197 Å². The molecule has 0 N–H and O–H groups in total. The third-order valence-corrected chi connectivity index (χ3v) is 14.1. The summed E-state index contributed by atoms with van der Waals surface area (Å²) in [6.07, 6.45) is 13.3. The van der Waals surface area contributed by atoms with Crippen LogP contribution in [0.5, 0.6) is 0 Å².